The average Bonchev–Trinajstić information content (AvgIpc) is 2.36. The van der Waals surface area contributed by atoms with Crippen molar-refractivity contribution in [3.63, 3.8) is 0 Å². The first kappa shape index (κ1) is 8.25. The van der Waals surface area contributed by atoms with E-state index in [0.29, 0.717) is 12.2 Å². The molecule has 1 aromatic heterocycles. The van der Waals surface area contributed by atoms with Crippen LogP contribution in [0.1, 0.15) is 12.0 Å². The van der Waals surface area contributed by atoms with Crippen molar-refractivity contribution >= 4 is 11.7 Å². The summed E-state index contributed by atoms with van der Waals surface area (Å²) in [5.74, 6) is 0.512. The van der Waals surface area contributed by atoms with Gasteiger partial charge in [-0.1, -0.05) is 0 Å². The molecule has 1 aliphatic rings. The van der Waals surface area contributed by atoms with Crippen LogP contribution in [-0.4, -0.2) is 21.7 Å². The number of anilines is 1. The molecule has 0 radical (unpaired) electrons. The molecule has 0 bridgehead atoms. The van der Waals surface area contributed by atoms with Crippen molar-refractivity contribution in [2.75, 3.05) is 5.32 Å². The van der Waals surface area contributed by atoms with E-state index in [1.54, 1.807) is 4.68 Å². The molecule has 5 heteroatoms. The van der Waals surface area contributed by atoms with Gasteiger partial charge >= 0.3 is 0 Å². The van der Waals surface area contributed by atoms with Crippen LogP contribution in [0.5, 0.6) is 0 Å². The maximum atomic E-state index is 11.3. The molecule has 3 N–H and O–H groups in total. The molecule has 2 rings (SSSR count). The van der Waals surface area contributed by atoms with Gasteiger partial charge in [0.1, 0.15) is 0 Å². The fourth-order valence-electron chi connectivity index (χ4n) is 1.48. The number of nitrogens with zero attached hydrogens (tertiary/aromatic N) is 2. The number of carbonyl (C=O) groups excluding carboxylic acids is 1. The number of nitrogens with two attached hydrogens (primary N) is 1. The lowest BCUT2D eigenvalue weighted by molar-refractivity contribution is -0.117. The van der Waals surface area contributed by atoms with E-state index in [0.717, 1.165) is 12.0 Å². The smallest absolute Gasteiger partial charge is 0.242 e. The lowest BCUT2D eigenvalue weighted by atomic mass is 10.1. The van der Waals surface area contributed by atoms with Gasteiger partial charge in [-0.3, -0.25) is 9.48 Å². The summed E-state index contributed by atoms with van der Waals surface area (Å²) in [6.45, 7) is 0. The molecule has 1 amide bonds. The molecule has 0 aromatic carbocycles. The van der Waals surface area contributed by atoms with Crippen molar-refractivity contribution in [2.45, 2.75) is 18.9 Å². The molecule has 1 aliphatic heterocycles. The van der Waals surface area contributed by atoms with Crippen LogP contribution in [0.15, 0.2) is 6.20 Å². The zero-order valence-electron chi connectivity index (χ0n) is 7.45. The van der Waals surface area contributed by atoms with Crippen LogP contribution in [-0.2, 0) is 18.3 Å². The number of hydrogen-bond acceptors (Lipinski definition) is 3. The Morgan fingerprint density at radius 2 is 2.54 bits per heavy atom. The summed E-state index contributed by atoms with van der Waals surface area (Å²) in [4.78, 5) is 11.3. The van der Waals surface area contributed by atoms with E-state index in [-0.39, 0.29) is 5.91 Å². The number of nitrogens with one attached hydrogen (secondary N) is 1. The monoisotopic (exact) mass is 180 g/mol. The second-order valence-electron chi connectivity index (χ2n) is 3.31. The highest BCUT2D eigenvalue weighted by molar-refractivity contribution is 5.95. The van der Waals surface area contributed by atoms with E-state index in [1.165, 1.54) is 0 Å². The van der Waals surface area contributed by atoms with Gasteiger partial charge < -0.3 is 11.1 Å². The highest BCUT2D eigenvalue weighted by Gasteiger charge is 2.21. The summed E-state index contributed by atoms with van der Waals surface area (Å²) in [5.41, 5.74) is 6.67. The predicted octanol–water partition coefficient (Wildman–Crippen LogP) is -0.368. The zero-order chi connectivity index (χ0) is 9.42. The minimum atomic E-state index is -0.403. The molecule has 13 heavy (non-hydrogen) atoms. The van der Waals surface area contributed by atoms with Crippen molar-refractivity contribution in [1.82, 2.24) is 9.78 Å². The minimum absolute atomic E-state index is 0.141. The van der Waals surface area contributed by atoms with Gasteiger partial charge in [0, 0.05) is 18.8 Å². The highest BCUT2D eigenvalue weighted by atomic mass is 16.2. The second kappa shape index (κ2) is 2.85. The molecule has 0 saturated carbocycles. The second-order valence-corrected chi connectivity index (χ2v) is 3.31. The fraction of sp³-hybridized carbons (Fsp3) is 0.500. The zero-order valence-corrected chi connectivity index (χ0v) is 7.45. The van der Waals surface area contributed by atoms with E-state index in [9.17, 15) is 4.79 Å². The summed E-state index contributed by atoms with van der Waals surface area (Å²) in [6, 6.07) is -0.403. The van der Waals surface area contributed by atoms with Gasteiger partial charge in [0.2, 0.25) is 5.91 Å². The third-order valence-electron chi connectivity index (χ3n) is 2.21. The Kier molecular flexibility index (Phi) is 1.81. The SMILES string of the molecule is Cn1cc2c(n1)NC(=O)C(N)CC2. The van der Waals surface area contributed by atoms with Crippen molar-refractivity contribution in [1.29, 1.82) is 0 Å². The normalized spacial score (nSPS) is 22.0. The summed E-state index contributed by atoms with van der Waals surface area (Å²) < 4.78 is 1.70. The molecule has 1 atom stereocenters. The van der Waals surface area contributed by atoms with Gasteiger partial charge in [-0.25, -0.2) is 0 Å². The Bertz CT molecular complexity index is 344. The first-order valence-corrected chi connectivity index (χ1v) is 4.26. The maximum Gasteiger partial charge on any atom is 0.242 e. The summed E-state index contributed by atoms with van der Waals surface area (Å²) in [5, 5.41) is 6.82. The number of carbonyl (C=O) groups is 1. The third-order valence-corrected chi connectivity index (χ3v) is 2.21. The minimum Gasteiger partial charge on any atom is -0.320 e. The lowest BCUT2D eigenvalue weighted by Crippen LogP contribution is -2.34. The summed E-state index contributed by atoms with van der Waals surface area (Å²) in [7, 11) is 1.83. The third kappa shape index (κ3) is 1.42. The number of rotatable bonds is 0. The molecule has 2 heterocycles. The predicted molar refractivity (Wildman–Crippen MR) is 48.1 cm³/mol. The van der Waals surface area contributed by atoms with Crippen LogP contribution >= 0.6 is 0 Å². The molecule has 1 unspecified atom stereocenters. The first-order chi connectivity index (χ1) is 6.16. The molecule has 0 aliphatic carbocycles. The van der Waals surface area contributed by atoms with Gasteiger partial charge in [0.15, 0.2) is 5.82 Å². The number of amides is 1. The maximum absolute atomic E-state index is 11.3. The number of aryl methyl sites for hydroxylation is 2. The molecule has 70 valence electrons. The molecule has 1 aromatic rings. The molecule has 5 nitrogen and oxygen atoms in total. The number of hydrogen-bond donors (Lipinski definition) is 2. The lowest BCUT2D eigenvalue weighted by Gasteiger charge is -2.04. The largest absolute Gasteiger partial charge is 0.320 e. The molecule has 0 fully saturated rings. The Hall–Kier alpha value is -1.36. The van der Waals surface area contributed by atoms with E-state index in [4.69, 9.17) is 5.73 Å². The van der Waals surface area contributed by atoms with Crippen LogP contribution in [0.4, 0.5) is 5.82 Å². The van der Waals surface area contributed by atoms with Crippen LogP contribution < -0.4 is 11.1 Å². The quantitative estimate of drug-likeness (QED) is 0.572. The molecule has 0 spiro atoms. The Morgan fingerprint density at radius 1 is 1.77 bits per heavy atom. The Balaban J connectivity index is 2.33. The molecular formula is C8H12N4O. The number of aromatic nitrogens is 2. The first-order valence-electron chi connectivity index (χ1n) is 4.26. The topological polar surface area (TPSA) is 72.9 Å². The van der Waals surface area contributed by atoms with Crippen molar-refractivity contribution < 1.29 is 4.79 Å². The molecular weight excluding hydrogens is 168 g/mol. The highest BCUT2D eigenvalue weighted by Crippen LogP contribution is 2.18. The van der Waals surface area contributed by atoms with Crippen LogP contribution in [0.25, 0.3) is 0 Å². The van der Waals surface area contributed by atoms with Crippen LogP contribution in [0.3, 0.4) is 0 Å². The van der Waals surface area contributed by atoms with Gasteiger partial charge in [0.05, 0.1) is 6.04 Å². The van der Waals surface area contributed by atoms with Crippen molar-refractivity contribution in [3.8, 4) is 0 Å². The van der Waals surface area contributed by atoms with Gasteiger partial charge in [-0.15, -0.1) is 0 Å². The van der Waals surface area contributed by atoms with E-state index in [1.807, 2.05) is 13.2 Å². The average molecular weight is 180 g/mol. The molecule has 0 saturated heterocycles. The summed E-state index contributed by atoms with van der Waals surface area (Å²) >= 11 is 0. The fourth-order valence-corrected chi connectivity index (χ4v) is 1.48. The van der Waals surface area contributed by atoms with Crippen molar-refractivity contribution in [3.05, 3.63) is 11.8 Å². The van der Waals surface area contributed by atoms with Gasteiger partial charge in [-0.2, -0.15) is 5.10 Å². The Morgan fingerprint density at radius 3 is 3.31 bits per heavy atom. The van der Waals surface area contributed by atoms with Gasteiger partial charge in [0.25, 0.3) is 0 Å². The standard InChI is InChI=1S/C8H12N4O/c1-12-4-5-2-3-6(9)8(13)10-7(5)11-12/h4,6H,2-3,9H2,1H3,(H,10,11,13). The van der Waals surface area contributed by atoms with Crippen molar-refractivity contribution in [2.24, 2.45) is 12.8 Å². The summed E-state index contributed by atoms with van der Waals surface area (Å²) in [6.07, 6.45) is 3.40. The Labute approximate surface area is 75.9 Å². The number of fused-ring (bicyclic) bond motifs is 1. The van der Waals surface area contributed by atoms with Crippen LogP contribution in [0, 0.1) is 0 Å². The van der Waals surface area contributed by atoms with E-state index < -0.39 is 6.04 Å². The van der Waals surface area contributed by atoms with E-state index >= 15 is 0 Å². The van der Waals surface area contributed by atoms with E-state index in [2.05, 4.69) is 10.4 Å². The van der Waals surface area contributed by atoms with Gasteiger partial charge in [-0.05, 0) is 12.8 Å². The van der Waals surface area contributed by atoms with Crippen LogP contribution in [0.2, 0.25) is 0 Å².